The largest absolute Gasteiger partial charge is 0.353 e. The number of ether oxygens (including phenoxy) is 2. The Morgan fingerprint density at radius 2 is 1.81 bits per heavy atom. The van der Waals surface area contributed by atoms with Gasteiger partial charge in [-0.3, -0.25) is 0 Å². The van der Waals surface area contributed by atoms with Crippen LogP contribution in [0.5, 0.6) is 0 Å². The summed E-state index contributed by atoms with van der Waals surface area (Å²) in [5.74, 6) is 5.54. The maximum absolute atomic E-state index is 6.52. The van der Waals surface area contributed by atoms with Gasteiger partial charge >= 0.3 is 0 Å². The number of hydrogen-bond acceptors (Lipinski definition) is 2. The molecule has 0 aromatic carbocycles. The molecule has 2 heteroatoms. The standard InChI is InChI=1S/C33H56O2.C2H6.3H2/c1-6-33-20-17-26(35-31-12-7-8-21-34-31)22-25(33)13-14-27-29-16-15-28(24(4)11-9-10-23(2)3)32(29,5)19-18-30(27)33;1-2;;;/h13,23-24,26-31H,6-12,14-22H2,1-5H3;1-2H3;3*1H/t24-,26+,27+,28?,29?,30?,31?,32?,33+;;;;/m1..../s1. The van der Waals surface area contributed by atoms with Gasteiger partial charge in [0.2, 0.25) is 0 Å². The van der Waals surface area contributed by atoms with Gasteiger partial charge in [0.15, 0.2) is 6.29 Å². The van der Waals surface area contributed by atoms with Crippen LogP contribution in [-0.2, 0) is 9.47 Å². The topological polar surface area (TPSA) is 18.5 Å². The molecule has 37 heavy (non-hydrogen) atoms. The van der Waals surface area contributed by atoms with Crippen molar-refractivity contribution in [3.8, 4) is 0 Å². The fourth-order valence-electron chi connectivity index (χ4n) is 10.3. The monoisotopic (exact) mass is 521 g/mol. The van der Waals surface area contributed by atoms with Crippen molar-refractivity contribution in [2.45, 2.75) is 157 Å². The molecule has 0 bridgehead atoms. The second kappa shape index (κ2) is 12.9. The summed E-state index contributed by atoms with van der Waals surface area (Å²) < 4.78 is 12.5. The molecule has 0 N–H and O–H groups in total. The van der Waals surface area contributed by atoms with E-state index >= 15 is 0 Å². The lowest BCUT2D eigenvalue weighted by Crippen LogP contribution is -2.52. The molecular weight excluding hydrogens is 452 g/mol. The van der Waals surface area contributed by atoms with Gasteiger partial charge in [0.25, 0.3) is 0 Å². The Hall–Kier alpha value is -0.340. The van der Waals surface area contributed by atoms with Gasteiger partial charge in [-0.1, -0.05) is 79.4 Å². The van der Waals surface area contributed by atoms with Crippen LogP contribution >= 0.6 is 0 Å². The normalized spacial score (nSPS) is 42.1. The first-order chi connectivity index (χ1) is 17.9. The fraction of sp³-hybridized carbons (Fsp3) is 0.943. The molecule has 4 fully saturated rings. The van der Waals surface area contributed by atoms with Crippen LogP contribution in [-0.4, -0.2) is 19.0 Å². The molecule has 0 aromatic heterocycles. The van der Waals surface area contributed by atoms with Crippen LogP contribution in [0.2, 0.25) is 0 Å². The molecule has 220 valence electrons. The van der Waals surface area contributed by atoms with Gasteiger partial charge in [-0.2, -0.15) is 0 Å². The SMILES string of the molecule is CC.CC[C@]12CC[C@H](OC3CCCCO3)CC1=CC[C@H]1C3CCC([C@H](C)CCCC(C)C)C3(C)CCC12.[HH].[HH].[HH]. The first-order valence-electron chi connectivity index (χ1n) is 16.8. The van der Waals surface area contributed by atoms with Crippen LogP contribution in [0.15, 0.2) is 11.6 Å². The Labute approximate surface area is 235 Å². The van der Waals surface area contributed by atoms with E-state index in [0.717, 1.165) is 48.5 Å². The van der Waals surface area contributed by atoms with Gasteiger partial charge in [0.1, 0.15) is 0 Å². The zero-order valence-corrected chi connectivity index (χ0v) is 25.8. The molecule has 1 heterocycles. The number of fused-ring (bicyclic) bond motifs is 5. The average molecular weight is 521 g/mol. The highest BCUT2D eigenvalue weighted by molar-refractivity contribution is 5.26. The molecule has 3 saturated carbocycles. The summed E-state index contributed by atoms with van der Waals surface area (Å²) in [7, 11) is 0. The van der Waals surface area contributed by atoms with Gasteiger partial charge in [-0.25, -0.2) is 0 Å². The Balaban J connectivity index is 0.00000157. The highest BCUT2D eigenvalue weighted by Gasteiger charge is 2.59. The zero-order valence-electron chi connectivity index (χ0n) is 25.8. The molecule has 9 atom stereocenters. The van der Waals surface area contributed by atoms with E-state index in [4.69, 9.17) is 9.47 Å². The Morgan fingerprint density at radius 3 is 2.51 bits per heavy atom. The van der Waals surface area contributed by atoms with E-state index in [0.29, 0.717) is 16.9 Å². The first kappa shape index (κ1) is 29.6. The second-order valence-electron chi connectivity index (χ2n) is 14.2. The molecule has 4 aliphatic carbocycles. The van der Waals surface area contributed by atoms with Crippen LogP contribution in [0.1, 0.15) is 149 Å². The van der Waals surface area contributed by atoms with Crippen LogP contribution in [0.25, 0.3) is 0 Å². The van der Waals surface area contributed by atoms with Crippen molar-refractivity contribution in [2.24, 2.45) is 46.3 Å². The van der Waals surface area contributed by atoms with Crippen molar-refractivity contribution in [3.05, 3.63) is 11.6 Å². The third-order valence-electron chi connectivity index (χ3n) is 12.1. The van der Waals surface area contributed by atoms with Gasteiger partial charge in [0.05, 0.1) is 6.10 Å². The van der Waals surface area contributed by atoms with E-state index in [-0.39, 0.29) is 10.6 Å². The minimum Gasteiger partial charge on any atom is -0.353 e. The summed E-state index contributed by atoms with van der Waals surface area (Å²) in [6, 6.07) is 0. The molecule has 0 spiro atoms. The van der Waals surface area contributed by atoms with Crippen LogP contribution in [0.4, 0.5) is 0 Å². The van der Waals surface area contributed by atoms with Crippen molar-refractivity contribution in [3.63, 3.8) is 0 Å². The molecule has 1 saturated heterocycles. The number of allylic oxidation sites excluding steroid dienone is 1. The van der Waals surface area contributed by atoms with Gasteiger partial charge in [-0.15, -0.1) is 0 Å². The molecule has 5 unspecified atom stereocenters. The van der Waals surface area contributed by atoms with E-state index in [1.165, 1.54) is 89.9 Å². The number of rotatable bonds is 8. The number of hydrogen-bond donors (Lipinski definition) is 0. The smallest absolute Gasteiger partial charge is 0.157 e. The van der Waals surface area contributed by atoms with Crippen molar-refractivity contribution in [1.82, 2.24) is 0 Å². The molecule has 0 aromatic rings. The second-order valence-corrected chi connectivity index (χ2v) is 14.2. The summed E-state index contributed by atoms with van der Waals surface area (Å²) in [5, 5.41) is 0. The quantitative estimate of drug-likeness (QED) is 0.296. The first-order valence-corrected chi connectivity index (χ1v) is 16.8. The van der Waals surface area contributed by atoms with Crippen LogP contribution in [0.3, 0.4) is 0 Å². The minimum absolute atomic E-state index is 0. The van der Waals surface area contributed by atoms with Crippen LogP contribution < -0.4 is 0 Å². The van der Waals surface area contributed by atoms with E-state index < -0.39 is 0 Å². The highest BCUT2D eigenvalue weighted by Crippen LogP contribution is 2.68. The van der Waals surface area contributed by atoms with Crippen molar-refractivity contribution in [2.75, 3.05) is 6.61 Å². The third-order valence-corrected chi connectivity index (χ3v) is 12.1. The molecule has 1 aliphatic heterocycles. The predicted octanol–water partition coefficient (Wildman–Crippen LogP) is 11.1. The highest BCUT2D eigenvalue weighted by atomic mass is 16.7. The van der Waals surface area contributed by atoms with E-state index in [2.05, 4.69) is 40.7 Å². The predicted molar refractivity (Wildman–Crippen MR) is 164 cm³/mol. The van der Waals surface area contributed by atoms with E-state index in [9.17, 15) is 0 Å². The Morgan fingerprint density at radius 1 is 1.00 bits per heavy atom. The lowest BCUT2D eigenvalue weighted by Gasteiger charge is -2.59. The van der Waals surface area contributed by atoms with Crippen molar-refractivity contribution >= 4 is 0 Å². The maximum Gasteiger partial charge on any atom is 0.157 e. The lowest BCUT2D eigenvalue weighted by molar-refractivity contribution is -0.195. The summed E-state index contributed by atoms with van der Waals surface area (Å²) in [6.07, 6.45) is 23.5. The summed E-state index contributed by atoms with van der Waals surface area (Å²) in [6.45, 7) is 17.5. The molecule has 0 radical (unpaired) electrons. The van der Waals surface area contributed by atoms with Gasteiger partial charge in [-0.05, 0) is 123 Å². The average Bonchev–Trinajstić information content (AvgIpc) is 3.27. The van der Waals surface area contributed by atoms with Gasteiger partial charge in [0, 0.05) is 10.9 Å². The van der Waals surface area contributed by atoms with E-state index in [1.807, 2.05) is 13.8 Å². The molecule has 0 amide bonds. The minimum atomic E-state index is 0. The molecular formula is C35H68O2. The Bertz CT molecular complexity index is 751. The third kappa shape index (κ3) is 5.91. The molecule has 5 rings (SSSR count). The van der Waals surface area contributed by atoms with Crippen LogP contribution in [0, 0.1) is 46.3 Å². The fourth-order valence-corrected chi connectivity index (χ4v) is 10.3. The zero-order chi connectivity index (χ0) is 26.6. The summed E-state index contributed by atoms with van der Waals surface area (Å²) >= 11 is 0. The lowest BCUT2D eigenvalue weighted by atomic mass is 9.46. The maximum atomic E-state index is 6.52. The van der Waals surface area contributed by atoms with Crippen molar-refractivity contribution in [1.29, 1.82) is 0 Å². The summed E-state index contributed by atoms with van der Waals surface area (Å²) in [5.41, 5.74) is 2.85. The van der Waals surface area contributed by atoms with Gasteiger partial charge < -0.3 is 9.47 Å². The molecule has 5 aliphatic rings. The summed E-state index contributed by atoms with van der Waals surface area (Å²) in [4.78, 5) is 0. The molecule has 2 nitrogen and oxygen atoms in total. The Kier molecular flexibility index (Phi) is 10.3. The van der Waals surface area contributed by atoms with E-state index in [1.54, 1.807) is 5.57 Å². The van der Waals surface area contributed by atoms with Crippen molar-refractivity contribution < 1.29 is 13.8 Å².